The molecular formula is C8H6O3S. The van der Waals surface area contributed by atoms with E-state index in [1.807, 2.05) is 0 Å². The van der Waals surface area contributed by atoms with Crippen LogP contribution in [0.15, 0.2) is 18.2 Å². The van der Waals surface area contributed by atoms with Crippen LogP contribution in [0.5, 0.6) is 11.5 Å². The van der Waals surface area contributed by atoms with E-state index in [-0.39, 0.29) is 11.9 Å². The van der Waals surface area contributed by atoms with Crippen LogP contribution in [0.4, 0.5) is 0 Å². The summed E-state index contributed by atoms with van der Waals surface area (Å²) in [6.45, 7) is 0.222. The van der Waals surface area contributed by atoms with Gasteiger partial charge in [-0.3, -0.25) is 4.79 Å². The van der Waals surface area contributed by atoms with E-state index in [4.69, 9.17) is 9.47 Å². The third-order valence-electron chi connectivity index (χ3n) is 1.62. The molecule has 0 saturated carbocycles. The van der Waals surface area contributed by atoms with Crippen molar-refractivity contribution >= 4 is 17.7 Å². The lowest BCUT2D eigenvalue weighted by molar-refractivity contribution is 0.109. The minimum absolute atomic E-state index is 0.222. The fraction of sp³-hybridized carbons (Fsp3) is 0.125. The van der Waals surface area contributed by atoms with Crippen molar-refractivity contribution in [1.82, 2.24) is 0 Å². The summed E-state index contributed by atoms with van der Waals surface area (Å²) in [4.78, 5) is 10.8. The van der Waals surface area contributed by atoms with Gasteiger partial charge in [0.25, 0.3) is 0 Å². The van der Waals surface area contributed by atoms with Crippen LogP contribution in [0.2, 0.25) is 0 Å². The van der Waals surface area contributed by atoms with E-state index in [0.29, 0.717) is 17.1 Å². The first-order valence-corrected chi connectivity index (χ1v) is 3.85. The molecule has 1 heterocycles. The Labute approximate surface area is 74.7 Å². The molecule has 12 heavy (non-hydrogen) atoms. The van der Waals surface area contributed by atoms with Gasteiger partial charge in [0.05, 0.1) is 0 Å². The number of carbonyl (C=O) groups excluding carboxylic acids is 1. The van der Waals surface area contributed by atoms with Crippen LogP contribution >= 0.6 is 12.6 Å². The quantitative estimate of drug-likeness (QED) is 0.668. The summed E-state index contributed by atoms with van der Waals surface area (Å²) in [6.07, 6.45) is 0. The molecule has 0 spiro atoms. The number of fused-ring (bicyclic) bond motifs is 1. The van der Waals surface area contributed by atoms with Crippen molar-refractivity contribution in [3.63, 3.8) is 0 Å². The lowest BCUT2D eigenvalue weighted by Crippen LogP contribution is -1.93. The largest absolute Gasteiger partial charge is 0.454 e. The van der Waals surface area contributed by atoms with Gasteiger partial charge in [0.1, 0.15) is 0 Å². The molecule has 4 heteroatoms. The minimum Gasteiger partial charge on any atom is -0.454 e. The van der Waals surface area contributed by atoms with Gasteiger partial charge in [0.15, 0.2) is 11.5 Å². The van der Waals surface area contributed by atoms with Crippen LogP contribution in [-0.4, -0.2) is 11.9 Å². The molecule has 62 valence electrons. The molecule has 0 fully saturated rings. The summed E-state index contributed by atoms with van der Waals surface area (Å²) < 4.78 is 10.2. The number of benzene rings is 1. The Bertz CT molecular complexity index is 335. The van der Waals surface area contributed by atoms with E-state index in [9.17, 15) is 4.79 Å². The van der Waals surface area contributed by atoms with Gasteiger partial charge in [0.2, 0.25) is 11.9 Å². The highest BCUT2D eigenvalue weighted by Gasteiger charge is 2.14. The average Bonchev–Trinajstić information content (AvgIpc) is 2.49. The fourth-order valence-corrected chi connectivity index (χ4v) is 1.17. The molecule has 2 rings (SSSR count). The fourth-order valence-electron chi connectivity index (χ4n) is 1.03. The molecule has 1 aromatic carbocycles. The molecule has 0 aliphatic carbocycles. The van der Waals surface area contributed by atoms with E-state index >= 15 is 0 Å². The van der Waals surface area contributed by atoms with Crippen LogP contribution in [0.1, 0.15) is 10.4 Å². The Morgan fingerprint density at radius 1 is 1.33 bits per heavy atom. The summed E-state index contributed by atoms with van der Waals surface area (Å²) in [5, 5.41) is -0.270. The molecule has 0 atom stereocenters. The third kappa shape index (κ3) is 1.14. The standard InChI is InChI=1S/C8H6O3S/c9-8(12)5-1-2-6-7(3-5)11-4-10-6/h1-3H,4H2,(H,9,12). The Kier molecular flexibility index (Phi) is 1.69. The van der Waals surface area contributed by atoms with Crippen molar-refractivity contribution in [1.29, 1.82) is 0 Å². The molecule has 3 nitrogen and oxygen atoms in total. The lowest BCUT2D eigenvalue weighted by Gasteiger charge is -1.96. The van der Waals surface area contributed by atoms with Crippen LogP contribution in [0.25, 0.3) is 0 Å². The molecular weight excluding hydrogens is 176 g/mol. The molecule has 1 aromatic rings. The van der Waals surface area contributed by atoms with Crippen LogP contribution in [-0.2, 0) is 0 Å². The van der Waals surface area contributed by atoms with E-state index in [2.05, 4.69) is 12.6 Å². The highest BCUT2D eigenvalue weighted by atomic mass is 32.1. The van der Waals surface area contributed by atoms with Crippen molar-refractivity contribution in [3.8, 4) is 11.5 Å². The smallest absolute Gasteiger partial charge is 0.231 e. The van der Waals surface area contributed by atoms with E-state index in [1.165, 1.54) is 0 Å². The van der Waals surface area contributed by atoms with Crippen molar-refractivity contribution in [2.45, 2.75) is 0 Å². The Morgan fingerprint density at radius 3 is 2.83 bits per heavy atom. The molecule has 1 aliphatic heterocycles. The van der Waals surface area contributed by atoms with Crippen molar-refractivity contribution in [2.75, 3.05) is 6.79 Å². The second-order valence-electron chi connectivity index (χ2n) is 2.37. The van der Waals surface area contributed by atoms with Crippen molar-refractivity contribution < 1.29 is 14.3 Å². The minimum atomic E-state index is -0.270. The SMILES string of the molecule is O=C(S)c1ccc2c(c1)OCO2. The second-order valence-corrected chi connectivity index (χ2v) is 2.78. The Balaban J connectivity index is 2.45. The molecule has 0 amide bonds. The van der Waals surface area contributed by atoms with Gasteiger partial charge in [-0.2, -0.15) is 0 Å². The molecule has 0 N–H and O–H groups in total. The topological polar surface area (TPSA) is 35.5 Å². The third-order valence-corrected chi connectivity index (χ3v) is 1.88. The van der Waals surface area contributed by atoms with Gasteiger partial charge in [-0.1, -0.05) is 0 Å². The summed E-state index contributed by atoms with van der Waals surface area (Å²) in [5.41, 5.74) is 0.516. The number of thiol groups is 1. The number of carbonyl (C=O) groups is 1. The average molecular weight is 182 g/mol. The zero-order valence-corrected chi connectivity index (χ0v) is 7.01. The van der Waals surface area contributed by atoms with E-state index in [0.717, 1.165) is 0 Å². The summed E-state index contributed by atoms with van der Waals surface area (Å²) in [7, 11) is 0. The van der Waals surface area contributed by atoms with Gasteiger partial charge < -0.3 is 9.47 Å². The van der Waals surface area contributed by atoms with Gasteiger partial charge >= 0.3 is 0 Å². The summed E-state index contributed by atoms with van der Waals surface area (Å²) >= 11 is 3.69. The first-order chi connectivity index (χ1) is 5.77. The molecule has 0 aromatic heterocycles. The van der Waals surface area contributed by atoms with Gasteiger partial charge in [-0.05, 0) is 18.2 Å². The number of hydrogen-bond acceptors (Lipinski definition) is 3. The van der Waals surface area contributed by atoms with Crippen molar-refractivity contribution in [2.24, 2.45) is 0 Å². The monoisotopic (exact) mass is 182 g/mol. The molecule has 0 radical (unpaired) electrons. The lowest BCUT2D eigenvalue weighted by atomic mass is 10.2. The summed E-state index contributed by atoms with van der Waals surface area (Å²) in [5.74, 6) is 1.28. The molecule has 0 saturated heterocycles. The summed E-state index contributed by atoms with van der Waals surface area (Å²) in [6, 6.07) is 4.98. The second kappa shape index (κ2) is 2.71. The highest BCUT2D eigenvalue weighted by molar-refractivity contribution is 7.97. The zero-order valence-electron chi connectivity index (χ0n) is 6.11. The van der Waals surface area contributed by atoms with Gasteiger partial charge in [-0.15, -0.1) is 12.6 Å². The Hall–Kier alpha value is -1.16. The van der Waals surface area contributed by atoms with Crippen LogP contribution in [0, 0.1) is 0 Å². The number of hydrogen-bond donors (Lipinski definition) is 1. The normalized spacial score (nSPS) is 13.1. The maximum Gasteiger partial charge on any atom is 0.231 e. The van der Waals surface area contributed by atoms with Gasteiger partial charge in [0, 0.05) is 5.56 Å². The molecule has 1 aliphatic rings. The number of ether oxygens (including phenoxy) is 2. The van der Waals surface area contributed by atoms with E-state index < -0.39 is 0 Å². The first kappa shape index (κ1) is 7.49. The maximum atomic E-state index is 10.8. The highest BCUT2D eigenvalue weighted by Crippen LogP contribution is 2.32. The number of rotatable bonds is 1. The van der Waals surface area contributed by atoms with E-state index in [1.54, 1.807) is 18.2 Å². The molecule has 0 bridgehead atoms. The van der Waals surface area contributed by atoms with Crippen LogP contribution in [0.3, 0.4) is 0 Å². The molecule has 0 unspecified atom stereocenters. The predicted molar refractivity (Wildman–Crippen MR) is 45.9 cm³/mol. The zero-order chi connectivity index (χ0) is 8.55. The predicted octanol–water partition coefficient (Wildman–Crippen LogP) is 1.49. The Morgan fingerprint density at radius 2 is 2.08 bits per heavy atom. The first-order valence-electron chi connectivity index (χ1n) is 3.40. The van der Waals surface area contributed by atoms with Gasteiger partial charge in [-0.25, -0.2) is 0 Å². The van der Waals surface area contributed by atoms with Crippen LogP contribution < -0.4 is 9.47 Å². The maximum absolute atomic E-state index is 10.8. The van der Waals surface area contributed by atoms with Crippen molar-refractivity contribution in [3.05, 3.63) is 23.8 Å².